The standard InChI is InChI=1S/C30H23Cl2N3O4S/c1-16(2)17-3-10-27-24(13-17)34-29(39-27)22-9-5-19(15-25(22)36)33-30(40)35-28(37)12-7-20-6-11-26(38-20)21-8-4-18(31)14-23(21)32/h3-16,36H,1-2H3,(H2,33,35,37,40)/b12-7+. The van der Waals surface area contributed by atoms with Gasteiger partial charge in [-0.1, -0.05) is 43.1 Å². The number of phenols is 1. The fourth-order valence-electron chi connectivity index (χ4n) is 3.96. The molecule has 7 nitrogen and oxygen atoms in total. The molecule has 0 bridgehead atoms. The number of phenolic OH excluding ortho intramolecular Hbond substituents is 1. The van der Waals surface area contributed by atoms with E-state index >= 15 is 0 Å². The summed E-state index contributed by atoms with van der Waals surface area (Å²) in [7, 11) is 0. The van der Waals surface area contributed by atoms with Crippen molar-refractivity contribution in [2.75, 3.05) is 5.32 Å². The predicted molar refractivity (Wildman–Crippen MR) is 163 cm³/mol. The molecule has 0 aliphatic carbocycles. The summed E-state index contributed by atoms with van der Waals surface area (Å²) in [5, 5.41) is 17.1. The lowest BCUT2D eigenvalue weighted by atomic mass is 10.0. The molecule has 5 rings (SSSR count). The Labute approximate surface area is 245 Å². The molecule has 0 radical (unpaired) electrons. The fourth-order valence-corrected chi connectivity index (χ4v) is 4.68. The SMILES string of the molecule is CC(C)c1ccc2oc(-c3ccc(NC(=S)NC(=O)/C=C/c4ccc(-c5ccc(Cl)cc5Cl)o4)cc3O)nc2c1. The largest absolute Gasteiger partial charge is 0.507 e. The van der Waals surface area contributed by atoms with Crippen LogP contribution >= 0.6 is 35.4 Å². The van der Waals surface area contributed by atoms with E-state index in [4.69, 9.17) is 44.3 Å². The number of hydrogen-bond donors (Lipinski definition) is 3. The third-order valence-electron chi connectivity index (χ3n) is 6.02. The quantitative estimate of drug-likeness (QED) is 0.134. The van der Waals surface area contributed by atoms with Gasteiger partial charge in [0.05, 0.1) is 10.6 Å². The minimum absolute atomic E-state index is 0.0518. The summed E-state index contributed by atoms with van der Waals surface area (Å²) in [6.07, 6.45) is 2.80. The number of anilines is 1. The van der Waals surface area contributed by atoms with E-state index in [2.05, 4.69) is 29.5 Å². The first-order valence-electron chi connectivity index (χ1n) is 12.3. The molecule has 3 N–H and O–H groups in total. The van der Waals surface area contributed by atoms with Gasteiger partial charge in [0, 0.05) is 28.4 Å². The van der Waals surface area contributed by atoms with E-state index in [-0.39, 0.29) is 10.9 Å². The van der Waals surface area contributed by atoms with Crippen molar-refractivity contribution < 1.29 is 18.7 Å². The number of aromatic nitrogens is 1. The fraction of sp³-hybridized carbons (Fsp3) is 0.100. The highest BCUT2D eigenvalue weighted by molar-refractivity contribution is 7.80. The number of nitrogens with zero attached hydrogens (tertiary/aromatic N) is 1. The molecule has 202 valence electrons. The minimum Gasteiger partial charge on any atom is -0.507 e. The van der Waals surface area contributed by atoms with Gasteiger partial charge in [0.1, 0.15) is 22.8 Å². The number of thiocarbonyl (C=S) groups is 1. The average molecular weight is 593 g/mol. The maximum atomic E-state index is 12.4. The number of furan rings is 1. The maximum absolute atomic E-state index is 12.4. The van der Waals surface area contributed by atoms with Crippen LogP contribution < -0.4 is 10.6 Å². The smallest absolute Gasteiger partial charge is 0.250 e. The van der Waals surface area contributed by atoms with E-state index in [0.29, 0.717) is 55.8 Å². The third kappa shape index (κ3) is 6.20. The molecule has 5 aromatic rings. The molecule has 0 spiro atoms. The van der Waals surface area contributed by atoms with Gasteiger partial charge in [-0.05, 0) is 84.4 Å². The Morgan fingerprint density at radius 1 is 1.00 bits per heavy atom. The summed E-state index contributed by atoms with van der Waals surface area (Å²) in [4.78, 5) is 16.9. The van der Waals surface area contributed by atoms with Crippen molar-refractivity contribution in [2.24, 2.45) is 0 Å². The lowest BCUT2D eigenvalue weighted by Crippen LogP contribution is -2.32. The van der Waals surface area contributed by atoms with Gasteiger partial charge in [-0.25, -0.2) is 4.98 Å². The van der Waals surface area contributed by atoms with Crippen LogP contribution in [-0.4, -0.2) is 21.1 Å². The van der Waals surface area contributed by atoms with Crippen LogP contribution in [-0.2, 0) is 4.79 Å². The monoisotopic (exact) mass is 591 g/mol. The number of hydrogen-bond acceptors (Lipinski definition) is 6. The second kappa shape index (κ2) is 11.6. The molecule has 3 aromatic carbocycles. The molecular formula is C30H23Cl2N3O4S. The number of carbonyl (C=O) groups is 1. The number of aromatic hydroxyl groups is 1. The first kappa shape index (κ1) is 27.5. The molecule has 1 amide bonds. The summed E-state index contributed by atoms with van der Waals surface area (Å²) in [5.41, 5.74) is 4.11. The summed E-state index contributed by atoms with van der Waals surface area (Å²) in [5.74, 6) is 1.15. The molecule has 10 heteroatoms. The lowest BCUT2D eigenvalue weighted by Gasteiger charge is -2.09. The van der Waals surface area contributed by atoms with Crippen LogP contribution in [0.2, 0.25) is 10.0 Å². The van der Waals surface area contributed by atoms with E-state index in [0.717, 1.165) is 11.1 Å². The Morgan fingerprint density at radius 2 is 1.80 bits per heavy atom. The van der Waals surface area contributed by atoms with Gasteiger partial charge in [0.2, 0.25) is 11.8 Å². The highest BCUT2D eigenvalue weighted by Gasteiger charge is 2.15. The minimum atomic E-state index is -0.465. The van der Waals surface area contributed by atoms with E-state index in [1.165, 1.54) is 18.2 Å². The van der Waals surface area contributed by atoms with Crippen molar-refractivity contribution in [3.8, 4) is 28.5 Å². The summed E-state index contributed by atoms with van der Waals surface area (Å²) in [6, 6.07) is 19.3. The normalized spacial score (nSPS) is 11.4. The van der Waals surface area contributed by atoms with Crippen LogP contribution in [0.4, 0.5) is 5.69 Å². The van der Waals surface area contributed by atoms with Crippen molar-refractivity contribution in [3.63, 3.8) is 0 Å². The average Bonchev–Trinajstić information content (AvgIpc) is 3.54. The van der Waals surface area contributed by atoms with Gasteiger partial charge in [-0.15, -0.1) is 0 Å². The lowest BCUT2D eigenvalue weighted by molar-refractivity contribution is -0.115. The molecular weight excluding hydrogens is 569 g/mol. The number of carbonyl (C=O) groups excluding carboxylic acids is 1. The van der Waals surface area contributed by atoms with Crippen LogP contribution in [0, 0.1) is 0 Å². The zero-order chi connectivity index (χ0) is 28.4. The van der Waals surface area contributed by atoms with Crippen molar-refractivity contribution in [1.29, 1.82) is 0 Å². The van der Waals surface area contributed by atoms with Crippen LogP contribution in [0.5, 0.6) is 5.75 Å². The maximum Gasteiger partial charge on any atom is 0.250 e. The van der Waals surface area contributed by atoms with Crippen LogP contribution in [0.15, 0.2) is 81.6 Å². The van der Waals surface area contributed by atoms with Gasteiger partial charge < -0.3 is 19.3 Å². The number of benzene rings is 3. The number of halogens is 2. The Bertz CT molecular complexity index is 1770. The number of oxazole rings is 1. The van der Waals surface area contributed by atoms with E-state index in [9.17, 15) is 9.90 Å². The van der Waals surface area contributed by atoms with Gasteiger partial charge in [0.15, 0.2) is 10.7 Å². The molecule has 40 heavy (non-hydrogen) atoms. The topological polar surface area (TPSA) is 101 Å². The van der Waals surface area contributed by atoms with Crippen molar-refractivity contribution in [2.45, 2.75) is 19.8 Å². The third-order valence-corrected chi connectivity index (χ3v) is 6.78. The highest BCUT2D eigenvalue weighted by Crippen LogP contribution is 2.34. The van der Waals surface area contributed by atoms with Crippen LogP contribution in [0.25, 0.3) is 40.0 Å². The Hall–Kier alpha value is -4.11. The van der Waals surface area contributed by atoms with Crippen molar-refractivity contribution in [1.82, 2.24) is 10.3 Å². The van der Waals surface area contributed by atoms with Crippen molar-refractivity contribution >= 4 is 69.3 Å². The Balaban J connectivity index is 1.20. The predicted octanol–water partition coefficient (Wildman–Crippen LogP) is 8.42. The molecule has 0 atom stereocenters. The second-order valence-corrected chi connectivity index (χ2v) is 10.5. The van der Waals surface area contributed by atoms with E-state index in [1.54, 1.807) is 42.5 Å². The summed E-state index contributed by atoms with van der Waals surface area (Å²) >= 11 is 17.4. The molecule has 0 saturated carbocycles. The van der Waals surface area contributed by atoms with Gasteiger partial charge >= 0.3 is 0 Å². The van der Waals surface area contributed by atoms with E-state index in [1.807, 2.05) is 18.2 Å². The molecule has 0 aliphatic heterocycles. The van der Waals surface area contributed by atoms with Gasteiger partial charge in [-0.3, -0.25) is 10.1 Å². The van der Waals surface area contributed by atoms with Crippen LogP contribution in [0.1, 0.15) is 31.1 Å². The van der Waals surface area contributed by atoms with Gasteiger partial charge in [-0.2, -0.15) is 0 Å². The highest BCUT2D eigenvalue weighted by atomic mass is 35.5. The molecule has 0 aliphatic rings. The first-order valence-corrected chi connectivity index (χ1v) is 13.4. The van der Waals surface area contributed by atoms with E-state index < -0.39 is 5.91 Å². The number of nitrogens with one attached hydrogen (secondary N) is 2. The van der Waals surface area contributed by atoms with Gasteiger partial charge in [0.25, 0.3) is 0 Å². The van der Waals surface area contributed by atoms with Crippen LogP contribution in [0.3, 0.4) is 0 Å². The second-order valence-electron chi connectivity index (χ2n) is 9.24. The number of amides is 1. The molecule has 0 fully saturated rings. The summed E-state index contributed by atoms with van der Waals surface area (Å²) in [6.45, 7) is 4.22. The zero-order valence-electron chi connectivity index (χ0n) is 21.4. The Morgan fingerprint density at radius 3 is 2.55 bits per heavy atom. The number of fused-ring (bicyclic) bond motifs is 1. The first-order chi connectivity index (χ1) is 19.2. The van der Waals surface area contributed by atoms with Crippen molar-refractivity contribution in [3.05, 3.63) is 94.2 Å². The molecule has 2 heterocycles. The summed E-state index contributed by atoms with van der Waals surface area (Å²) < 4.78 is 11.6. The zero-order valence-corrected chi connectivity index (χ0v) is 23.7. The molecule has 0 saturated heterocycles. The Kier molecular flexibility index (Phi) is 7.93. The molecule has 0 unspecified atom stereocenters. The number of rotatable bonds is 6. The molecule has 2 aromatic heterocycles.